The predicted octanol–water partition coefficient (Wildman–Crippen LogP) is -4.80. The van der Waals surface area contributed by atoms with Crippen LogP contribution < -0.4 is 11.5 Å². The minimum absolute atomic E-state index is 0.0591. The Kier molecular flexibility index (Phi) is 15.7. The molecule has 0 aliphatic heterocycles. The summed E-state index contributed by atoms with van der Waals surface area (Å²) < 4.78 is 14.2. The molecule has 0 heterocycles. The van der Waals surface area contributed by atoms with Gasteiger partial charge in [0.2, 0.25) is 0 Å². The van der Waals surface area contributed by atoms with Gasteiger partial charge >= 0.3 is 7.82 Å². The third-order valence-corrected chi connectivity index (χ3v) is 3.20. The molecule has 0 rings (SSSR count). The van der Waals surface area contributed by atoms with Crippen molar-refractivity contribution in [1.29, 1.82) is 0 Å². The molecule has 0 aromatic heterocycles. The number of hydrogen-bond donors (Lipinski definition) is 10. The molecule has 0 unspecified atom stereocenters. The van der Waals surface area contributed by atoms with Crippen LogP contribution in [0.15, 0.2) is 0 Å². The van der Waals surface area contributed by atoms with E-state index in [1.807, 2.05) is 0 Å². The van der Waals surface area contributed by atoms with E-state index in [4.69, 9.17) is 45.2 Å². The maximum absolute atomic E-state index is 9.41. The smallest absolute Gasteiger partial charge is 0.396 e. The summed E-state index contributed by atoms with van der Waals surface area (Å²) in [5, 5.41) is 46.4. The number of hydrogen-bond acceptors (Lipinski definition) is 11. The molecule has 0 saturated carbocycles. The van der Waals surface area contributed by atoms with Crippen LogP contribution in [-0.2, 0) is 19.1 Å². The summed E-state index contributed by atoms with van der Waals surface area (Å²) >= 11 is 0. The fourth-order valence-electron chi connectivity index (χ4n) is 1.34. The van der Waals surface area contributed by atoms with Crippen LogP contribution in [0.1, 0.15) is 0 Å². The van der Waals surface area contributed by atoms with Crippen molar-refractivity contribution in [2.75, 3.05) is 59.5 Å². The summed E-state index contributed by atoms with van der Waals surface area (Å²) in [5.41, 5.74) is 8.18. The van der Waals surface area contributed by atoms with Gasteiger partial charge in [0.05, 0.1) is 69.9 Å². The zero-order chi connectivity index (χ0) is 21.6. The van der Waals surface area contributed by atoms with Gasteiger partial charge in [-0.25, -0.2) is 14.3 Å². The molecule has 0 aromatic carbocycles. The lowest BCUT2D eigenvalue weighted by molar-refractivity contribution is -0.319. The van der Waals surface area contributed by atoms with E-state index in [1.54, 1.807) is 0 Å². The Hall–Kier alpha value is -0.290. The van der Waals surface area contributed by atoms with Crippen LogP contribution in [0.5, 0.6) is 0 Å². The van der Waals surface area contributed by atoms with Gasteiger partial charge in [-0.1, -0.05) is 0 Å². The number of aliphatic hydroxyl groups excluding tert-OH is 5. The van der Waals surface area contributed by atoms with E-state index < -0.39 is 57.9 Å². The molecular formula is C12H31N2O12P. The first-order chi connectivity index (χ1) is 12.4. The molecule has 15 heteroatoms. The van der Waals surface area contributed by atoms with Gasteiger partial charge in [-0.3, -0.25) is 0 Å². The largest absolute Gasteiger partial charge is 0.466 e. The van der Waals surface area contributed by atoms with Gasteiger partial charge in [0.25, 0.3) is 0 Å². The third kappa shape index (κ3) is 15.3. The number of rotatable bonds is 14. The molecule has 12 N–H and O–H groups in total. The molecule has 0 spiro atoms. The Morgan fingerprint density at radius 3 is 1.44 bits per heavy atom. The summed E-state index contributed by atoms with van der Waals surface area (Å²) in [6, 6.07) is 0. The average Bonchev–Trinajstić information content (AvgIpc) is 2.60. The molecule has 0 saturated heterocycles. The molecule has 0 fully saturated rings. The molecule has 0 bridgehead atoms. The lowest BCUT2D eigenvalue weighted by Gasteiger charge is -2.32. The maximum Gasteiger partial charge on any atom is 0.466 e. The van der Waals surface area contributed by atoms with Gasteiger partial charge < -0.3 is 56.4 Å². The highest BCUT2D eigenvalue weighted by molar-refractivity contribution is 7.45. The van der Waals surface area contributed by atoms with Crippen molar-refractivity contribution < 1.29 is 59.3 Å². The van der Waals surface area contributed by atoms with Crippen LogP contribution in [0.4, 0.5) is 0 Å². The molecule has 0 amide bonds. The molecule has 0 aliphatic carbocycles. The molecule has 0 radical (unpaired) electrons. The summed E-state index contributed by atoms with van der Waals surface area (Å²) in [5.74, 6) is 0. The standard InChI is InChI=1S/C12H28N2O8.H3O4P/c13-10(14)1-21-22-9-12(5-18,6-19)8-20-7-11(2-15,3-16)4-17;1-5(2,3)4/h10,15-19H,1-9,13-14H2;(H3,1,2,3,4). The lowest BCUT2D eigenvalue weighted by atomic mass is 9.91. The zero-order valence-corrected chi connectivity index (χ0v) is 15.6. The minimum Gasteiger partial charge on any atom is -0.396 e. The first kappa shape index (κ1) is 28.9. The number of phosphoric acid groups is 1. The van der Waals surface area contributed by atoms with E-state index in [2.05, 4.69) is 0 Å². The fourth-order valence-corrected chi connectivity index (χ4v) is 1.34. The summed E-state index contributed by atoms with van der Waals surface area (Å²) in [6.07, 6.45) is -0.715. The quantitative estimate of drug-likeness (QED) is 0.0411. The molecule has 0 aromatic rings. The zero-order valence-electron chi connectivity index (χ0n) is 14.8. The average molecular weight is 426 g/mol. The van der Waals surface area contributed by atoms with Gasteiger partial charge in [-0.15, -0.1) is 0 Å². The Labute approximate surface area is 156 Å². The van der Waals surface area contributed by atoms with Gasteiger partial charge in [0, 0.05) is 0 Å². The van der Waals surface area contributed by atoms with Gasteiger partial charge in [-0.2, -0.15) is 0 Å². The Balaban J connectivity index is 0. The highest BCUT2D eigenvalue weighted by atomic mass is 31.2. The van der Waals surface area contributed by atoms with E-state index >= 15 is 0 Å². The fraction of sp³-hybridized carbons (Fsp3) is 1.00. The van der Waals surface area contributed by atoms with Crippen LogP contribution in [0, 0.1) is 10.8 Å². The van der Waals surface area contributed by atoms with E-state index in [9.17, 15) is 25.5 Å². The number of nitrogens with two attached hydrogens (primary N) is 2. The molecule has 27 heavy (non-hydrogen) atoms. The third-order valence-electron chi connectivity index (χ3n) is 3.20. The van der Waals surface area contributed by atoms with Crippen LogP contribution in [0.2, 0.25) is 0 Å². The highest BCUT2D eigenvalue weighted by Gasteiger charge is 2.34. The van der Waals surface area contributed by atoms with Crippen molar-refractivity contribution in [1.82, 2.24) is 0 Å². The molecular weight excluding hydrogens is 395 g/mol. The molecule has 14 nitrogen and oxygen atoms in total. The van der Waals surface area contributed by atoms with E-state index in [0.717, 1.165) is 0 Å². The topological polar surface area (TPSA) is 259 Å². The monoisotopic (exact) mass is 426 g/mol. The van der Waals surface area contributed by atoms with Gasteiger partial charge in [0.15, 0.2) is 0 Å². The number of aliphatic hydroxyl groups is 5. The van der Waals surface area contributed by atoms with E-state index in [-0.39, 0.29) is 26.4 Å². The summed E-state index contributed by atoms with van der Waals surface area (Å²) in [6.45, 7) is -2.87. The van der Waals surface area contributed by atoms with Crippen molar-refractivity contribution in [3.8, 4) is 0 Å². The Bertz CT molecular complexity index is 383. The van der Waals surface area contributed by atoms with Gasteiger partial charge in [-0.05, 0) is 0 Å². The predicted molar refractivity (Wildman–Crippen MR) is 89.4 cm³/mol. The first-order valence-electron chi connectivity index (χ1n) is 7.59. The first-order valence-corrected chi connectivity index (χ1v) is 9.15. The van der Waals surface area contributed by atoms with Crippen molar-refractivity contribution in [2.45, 2.75) is 6.17 Å². The number of ether oxygens (including phenoxy) is 1. The van der Waals surface area contributed by atoms with E-state index in [0.29, 0.717) is 0 Å². The van der Waals surface area contributed by atoms with Crippen molar-refractivity contribution in [2.24, 2.45) is 22.3 Å². The lowest BCUT2D eigenvalue weighted by Crippen LogP contribution is -2.44. The minimum atomic E-state index is -4.64. The normalized spacial score (nSPS) is 12.9. The SMILES string of the molecule is NC(N)COOCC(CO)(CO)COCC(CO)(CO)CO.O=P(O)(O)O. The summed E-state index contributed by atoms with van der Waals surface area (Å²) in [4.78, 5) is 31.1. The van der Waals surface area contributed by atoms with Crippen LogP contribution in [0.25, 0.3) is 0 Å². The van der Waals surface area contributed by atoms with Crippen LogP contribution >= 0.6 is 7.82 Å². The van der Waals surface area contributed by atoms with E-state index in [1.165, 1.54) is 0 Å². The van der Waals surface area contributed by atoms with Gasteiger partial charge in [0.1, 0.15) is 6.61 Å². The highest BCUT2D eigenvalue weighted by Crippen LogP contribution is 2.25. The summed E-state index contributed by atoms with van der Waals surface area (Å²) in [7, 11) is -4.64. The molecule has 166 valence electrons. The Morgan fingerprint density at radius 2 is 1.11 bits per heavy atom. The van der Waals surface area contributed by atoms with Crippen molar-refractivity contribution in [3.63, 3.8) is 0 Å². The van der Waals surface area contributed by atoms with Crippen LogP contribution in [-0.4, -0.2) is 106 Å². The second kappa shape index (κ2) is 14.7. The molecule has 0 atom stereocenters. The maximum atomic E-state index is 9.41. The van der Waals surface area contributed by atoms with Crippen molar-refractivity contribution in [3.05, 3.63) is 0 Å². The Morgan fingerprint density at radius 1 is 0.741 bits per heavy atom. The molecule has 0 aliphatic rings. The second-order valence-electron chi connectivity index (χ2n) is 6.01. The van der Waals surface area contributed by atoms with Crippen LogP contribution in [0.3, 0.4) is 0 Å². The second-order valence-corrected chi connectivity index (χ2v) is 7.03. The van der Waals surface area contributed by atoms with Crippen molar-refractivity contribution >= 4 is 7.82 Å².